The van der Waals surface area contributed by atoms with E-state index in [-0.39, 0.29) is 18.3 Å². The van der Waals surface area contributed by atoms with Crippen molar-refractivity contribution in [2.24, 2.45) is 0 Å². The van der Waals surface area contributed by atoms with E-state index >= 15 is 0 Å². The van der Waals surface area contributed by atoms with E-state index in [0.717, 1.165) is 12.8 Å². The Hall–Kier alpha value is -2.23. The van der Waals surface area contributed by atoms with Crippen molar-refractivity contribution in [2.75, 3.05) is 52.9 Å². The maximum Gasteiger partial charge on any atom is 0.305 e. The second kappa shape index (κ2) is 20.4. The monoisotopic (exact) mass is 469 g/mol. The van der Waals surface area contributed by atoms with E-state index in [0.29, 0.717) is 58.4 Å². The van der Waals surface area contributed by atoms with Crippen LogP contribution in [0.25, 0.3) is 0 Å². The number of hydrogen-bond acceptors (Lipinski definition) is 8. The summed E-state index contributed by atoms with van der Waals surface area (Å²) >= 11 is 0. The maximum atomic E-state index is 11.6. The van der Waals surface area contributed by atoms with Crippen LogP contribution in [-0.2, 0) is 23.7 Å². The molecule has 1 aromatic carbocycles. The molecule has 0 aliphatic rings. The SMILES string of the molecule is CCCCCCCCCC(=O)OCCOCCOCCOCCOc1ccc([N+](=O)[O-])cc1. The van der Waals surface area contributed by atoms with E-state index in [4.69, 9.17) is 23.7 Å². The molecule has 0 saturated carbocycles. The molecular formula is C24H39NO8. The van der Waals surface area contributed by atoms with Crippen molar-refractivity contribution in [1.29, 1.82) is 0 Å². The van der Waals surface area contributed by atoms with Crippen LogP contribution in [-0.4, -0.2) is 63.7 Å². The number of hydrogen-bond donors (Lipinski definition) is 0. The number of esters is 1. The molecule has 0 bridgehead atoms. The Kier molecular flexibility index (Phi) is 17.8. The molecule has 0 aliphatic carbocycles. The Morgan fingerprint density at radius 1 is 0.758 bits per heavy atom. The molecule has 0 heterocycles. The van der Waals surface area contributed by atoms with Gasteiger partial charge in [-0.3, -0.25) is 14.9 Å². The number of nitrogens with zero attached hydrogens (tertiary/aromatic N) is 1. The van der Waals surface area contributed by atoms with Gasteiger partial charge in [0.25, 0.3) is 5.69 Å². The Balaban J connectivity index is 1.79. The fourth-order valence-electron chi connectivity index (χ4n) is 2.94. The van der Waals surface area contributed by atoms with Crippen LogP contribution in [0.2, 0.25) is 0 Å². The predicted octanol–water partition coefficient (Wildman–Crippen LogP) is 4.71. The van der Waals surface area contributed by atoms with Gasteiger partial charge in [0.2, 0.25) is 0 Å². The van der Waals surface area contributed by atoms with E-state index in [1.54, 1.807) is 12.1 Å². The molecule has 0 fully saturated rings. The fourth-order valence-corrected chi connectivity index (χ4v) is 2.94. The molecule has 188 valence electrons. The highest BCUT2D eigenvalue weighted by Crippen LogP contribution is 2.17. The summed E-state index contributed by atoms with van der Waals surface area (Å²) in [6.07, 6.45) is 8.74. The van der Waals surface area contributed by atoms with Gasteiger partial charge in [-0.2, -0.15) is 0 Å². The number of benzene rings is 1. The van der Waals surface area contributed by atoms with Crippen molar-refractivity contribution in [2.45, 2.75) is 58.3 Å². The molecule has 9 heteroatoms. The first-order chi connectivity index (χ1) is 16.1. The molecule has 0 amide bonds. The van der Waals surface area contributed by atoms with Gasteiger partial charge in [0.15, 0.2) is 0 Å². The van der Waals surface area contributed by atoms with Crippen LogP contribution in [0.3, 0.4) is 0 Å². The first kappa shape index (κ1) is 28.8. The van der Waals surface area contributed by atoms with Crippen LogP contribution < -0.4 is 4.74 Å². The van der Waals surface area contributed by atoms with E-state index < -0.39 is 4.92 Å². The van der Waals surface area contributed by atoms with E-state index in [9.17, 15) is 14.9 Å². The standard InChI is InChI=1S/C24H39NO8/c1-2-3-4-5-6-7-8-9-24(26)33-21-19-31-17-15-29-14-16-30-18-20-32-23-12-10-22(11-13-23)25(27)28/h10-13H,2-9,14-21H2,1H3. The van der Waals surface area contributed by atoms with Gasteiger partial charge < -0.3 is 23.7 Å². The average molecular weight is 470 g/mol. The molecule has 0 atom stereocenters. The van der Waals surface area contributed by atoms with Gasteiger partial charge in [0.05, 0.1) is 44.6 Å². The van der Waals surface area contributed by atoms with Crippen molar-refractivity contribution in [3.63, 3.8) is 0 Å². The largest absolute Gasteiger partial charge is 0.491 e. The summed E-state index contributed by atoms with van der Waals surface area (Å²) in [5.74, 6) is 0.402. The molecule has 1 aromatic rings. The Bertz CT molecular complexity index is 623. The quantitative estimate of drug-likeness (QED) is 0.104. The van der Waals surface area contributed by atoms with Gasteiger partial charge >= 0.3 is 5.97 Å². The highest BCUT2D eigenvalue weighted by Gasteiger charge is 2.04. The number of carbonyl (C=O) groups is 1. The average Bonchev–Trinajstić information content (AvgIpc) is 2.81. The zero-order chi connectivity index (χ0) is 24.0. The summed E-state index contributed by atoms with van der Waals surface area (Å²) < 4.78 is 26.8. The van der Waals surface area contributed by atoms with Crippen LogP contribution in [0.15, 0.2) is 24.3 Å². The second-order valence-electron chi connectivity index (χ2n) is 7.53. The molecule has 0 aromatic heterocycles. The van der Waals surface area contributed by atoms with Crippen molar-refractivity contribution < 1.29 is 33.4 Å². The predicted molar refractivity (Wildman–Crippen MR) is 125 cm³/mol. The zero-order valence-electron chi connectivity index (χ0n) is 19.8. The highest BCUT2D eigenvalue weighted by molar-refractivity contribution is 5.69. The van der Waals surface area contributed by atoms with Crippen LogP contribution in [0, 0.1) is 10.1 Å². The number of rotatable bonds is 22. The minimum Gasteiger partial charge on any atom is -0.491 e. The van der Waals surface area contributed by atoms with E-state index in [1.165, 1.54) is 44.2 Å². The number of nitro groups is 1. The third kappa shape index (κ3) is 17.0. The molecule has 0 saturated heterocycles. The Morgan fingerprint density at radius 3 is 1.85 bits per heavy atom. The normalized spacial score (nSPS) is 10.8. The van der Waals surface area contributed by atoms with E-state index in [2.05, 4.69) is 6.92 Å². The maximum absolute atomic E-state index is 11.6. The van der Waals surface area contributed by atoms with Gasteiger partial charge in [-0.05, 0) is 18.6 Å². The van der Waals surface area contributed by atoms with Gasteiger partial charge in [0.1, 0.15) is 19.0 Å². The third-order valence-electron chi connectivity index (χ3n) is 4.76. The first-order valence-corrected chi connectivity index (χ1v) is 11.9. The molecule has 0 aliphatic heterocycles. The summed E-state index contributed by atoms with van der Waals surface area (Å²) in [5.41, 5.74) is 0.0274. The topological polar surface area (TPSA) is 106 Å². The Morgan fingerprint density at radius 2 is 1.27 bits per heavy atom. The molecule has 0 spiro atoms. The fraction of sp³-hybridized carbons (Fsp3) is 0.708. The zero-order valence-corrected chi connectivity index (χ0v) is 19.8. The van der Waals surface area contributed by atoms with Crippen molar-refractivity contribution in [3.05, 3.63) is 34.4 Å². The third-order valence-corrected chi connectivity index (χ3v) is 4.76. The highest BCUT2D eigenvalue weighted by atomic mass is 16.6. The van der Waals surface area contributed by atoms with Gasteiger partial charge in [-0.25, -0.2) is 0 Å². The van der Waals surface area contributed by atoms with Gasteiger partial charge in [-0.15, -0.1) is 0 Å². The first-order valence-electron chi connectivity index (χ1n) is 11.9. The molecule has 33 heavy (non-hydrogen) atoms. The summed E-state index contributed by atoms with van der Waals surface area (Å²) in [5, 5.41) is 10.6. The van der Waals surface area contributed by atoms with Crippen LogP contribution >= 0.6 is 0 Å². The number of carbonyl (C=O) groups excluding carboxylic acids is 1. The number of nitro benzene ring substituents is 1. The lowest BCUT2D eigenvalue weighted by Crippen LogP contribution is -2.14. The van der Waals surface area contributed by atoms with Crippen molar-refractivity contribution in [3.8, 4) is 5.75 Å². The lowest BCUT2D eigenvalue weighted by atomic mass is 10.1. The number of non-ortho nitro benzene ring substituents is 1. The molecule has 9 nitrogen and oxygen atoms in total. The van der Waals surface area contributed by atoms with Crippen molar-refractivity contribution >= 4 is 11.7 Å². The summed E-state index contributed by atoms with van der Waals surface area (Å²) in [6.45, 7) is 5.31. The summed E-state index contributed by atoms with van der Waals surface area (Å²) in [4.78, 5) is 21.8. The smallest absolute Gasteiger partial charge is 0.305 e. The molecule has 0 radical (unpaired) electrons. The lowest BCUT2D eigenvalue weighted by molar-refractivity contribution is -0.384. The molecule has 0 N–H and O–H groups in total. The van der Waals surface area contributed by atoms with Crippen LogP contribution in [0.5, 0.6) is 5.75 Å². The van der Waals surface area contributed by atoms with Crippen molar-refractivity contribution in [1.82, 2.24) is 0 Å². The number of ether oxygens (including phenoxy) is 5. The lowest BCUT2D eigenvalue weighted by Gasteiger charge is -2.08. The van der Waals surface area contributed by atoms with Gasteiger partial charge in [-0.1, -0.05) is 45.4 Å². The molecule has 1 rings (SSSR count). The molecular weight excluding hydrogens is 430 g/mol. The number of unbranched alkanes of at least 4 members (excludes halogenated alkanes) is 6. The molecule has 0 unspecified atom stereocenters. The van der Waals surface area contributed by atoms with Gasteiger partial charge in [0, 0.05) is 18.6 Å². The van der Waals surface area contributed by atoms with Crippen LogP contribution in [0.1, 0.15) is 58.3 Å². The second-order valence-corrected chi connectivity index (χ2v) is 7.53. The summed E-state index contributed by atoms with van der Waals surface area (Å²) in [7, 11) is 0. The van der Waals surface area contributed by atoms with E-state index in [1.807, 2.05) is 0 Å². The summed E-state index contributed by atoms with van der Waals surface area (Å²) in [6, 6.07) is 5.90. The Labute approximate surface area is 196 Å². The minimum absolute atomic E-state index is 0.0274. The minimum atomic E-state index is -0.453. The van der Waals surface area contributed by atoms with Crippen LogP contribution in [0.4, 0.5) is 5.69 Å².